The van der Waals surface area contributed by atoms with Gasteiger partial charge in [-0.05, 0) is 36.3 Å². The van der Waals surface area contributed by atoms with Crippen molar-refractivity contribution >= 4 is 34.8 Å². The van der Waals surface area contributed by atoms with E-state index in [2.05, 4.69) is 16.0 Å². The summed E-state index contributed by atoms with van der Waals surface area (Å²) >= 11 is 5.21. The van der Waals surface area contributed by atoms with E-state index in [1.165, 1.54) is 0 Å². The van der Waals surface area contributed by atoms with Crippen molar-refractivity contribution in [3.05, 3.63) is 65.7 Å². The van der Waals surface area contributed by atoms with Crippen LogP contribution in [-0.4, -0.2) is 37.2 Å². The number of ether oxygens (including phenoxy) is 1. The van der Waals surface area contributed by atoms with Gasteiger partial charge < -0.3 is 20.7 Å². The number of nitrogens with one attached hydrogen (secondary N) is 3. The van der Waals surface area contributed by atoms with Gasteiger partial charge >= 0.3 is 0 Å². The maximum Gasteiger partial charge on any atom is 0.253 e. The molecule has 2 rings (SSSR count). The molecule has 0 spiro atoms. The van der Waals surface area contributed by atoms with Crippen molar-refractivity contribution in [2.24, 2.45) is 0 Å². The minimum Gasteiger partial charge on any atom is -0.385 e. The highest BCUT2D eigenvalue weighted by Crippen LogP contribution is 2.15. The molecule has 0 bridgehead atoms. The van der Waals surface area contributed by atoms with Crippen LogP contribution in [-0.2, 0) is 16.0 Å². The van der Waals surface area contributed by atoms with Gasteiger partial charge in [0.15, 0.2) is 5.11 Å². The Morgan fingerprint density at radius 3 is 2.48 bits per heavy atom. The number of thiocarbonyl (C=S) groups is 1. The molecule has 0 fully saturated rings. The molecule has 0 heterocycles. The third kappa shape index (κ3) is 7.16. The van der Waals surface area contributed by atoms with E-state index < -0.39 is 0 Å². The number of carbonyl (C=O) groups is 2. The molecule has 0 atom stereocenters. The van der Waals surface area contributed by atoms with Gasteiger partial charge in [0, 0.05) is 20.3 Å². The van der Waals surface area contributed by atoms with Crippen molar-refractivity contribution in [3.8, 4) is 0 Å². The first-order valence-electron chi connectivity index (χ1n) is 8.61. The molecule has 2 amide bonds. The highest BCUT2D eigenvalue weighted by molar-refractivity contribution is 7.80. The van der Waals surface area contributed by atoms with E-state index in [0.29, 0.717) is 24.4 Å². The molecule has 0 saturated heterocycles. The number of rotatable bonds is 8. The summed E-state index contributed by atoms with van der Waals surface area (Å²) < 4.78 is 4.96. The Bertz CT molecular complexity index is 781. The SMILES string of the molecule is COCCCNC(=O)c1ccccc1NC(=S)NC(=O)Cc1ccccc1. The largest absolute Gasteiger partial charge is 0.385 e. The molecule has 0 aliphatic rings. The van der Waals surface area contributed by atoms with Gasteiger partial charge in [0.05, 0.1) is 17.7 Å². The fourth-order valence-electron chi connectivity index (χ4n) is 2.41. The maximum atomic E-state index is 12.4. The average molecular weight is 385 g/mol. The van der Waals surface area contributed by atoms with E-state index in [1.54, 1.807) is 31.4 Å². The second-order valence-corrected chi connectivity index (χ2v) is 6.22. The second kappa shape index (κ2) is 11.1. The Balaban J connectivity index is 1.91. The molecule has 0 aliphatic carbocycles. The Kier molecular flexibility index (Phi) is 8.41. The predicted octanol–water partition coefficient (Wildman–Crippen LogP) is 2.51. The van der Waals surface area contributed by atoms with Gasteiger partial charge in [0.1, 0.15) is 0 Å². The van der Waals surface area contributed by atoms with Crippen molar-refractivity contribution < 1.29 is 14.3 Å². The van der Waals surface area contributed by atoms with Gasteiger partial charge in [-0.3, -0.25) is 9.59 Å². The lowest BCUT2D eigenvalue weighted by Crippen LogP contribution is -2.36. The zero-order valence-corrected chi connectivity index (χ0v) is 16.0. The first kappa shape index (κ1) is 20.5. The number of hydrogen-bond acceptors (Lipinski definition) is 4. The molecule has 7 heteroatoms. The molecule has 0 saturated carbocycles. The van der Waals surface area contributed by atoms with E-state index in [9.17, 15) is 9.59 Å². The molecule has 3 N–H and O–H groups in total. The lowest BCUT2D eigenvalue weighted by Gasteiger charge is -2.13. The second-order valence-electron chi connectivity index (χ2n) is 5.81. The molecule has 142 valence electrons. The van der Waals surface area contributed by atoms with Gasteiger partial charge in [0.2, 0.25) is 5.91 Å². The van der Waals surface area contributed by atoms with Crippen LogP contribution in [0.2, 0.25) is 0 Å². The fraction of sp³-hybridized carbons (Fsp3) is 0.250. The lowest BCUT2D eigenvalue weighted by molar-refractivity contribution is -0.119. The molecule has 2 aromatic carbocycles. The maximum absolute atomic E-state index is 12.4. The first-order chi connectivity index (χ1) is 13.1. The summed E-state index contributed by atoms with van der Waals surface area (Å²) in [7, 11) is 1.62. The molecule has 6 nitrogen and oxygen atoms in total. The van der Waals surface area contributed by atoms with Gasteiger partial charge in [-0.25, -0.2) is 0 Å². The third-order valence-corrected chi connectivity index (χ3v) is 3.90. The van der Waals surface area contributed by atoms with Crippen molar-refractivity contribution in [2.75, 3.05) is 25.6 Å². The van der Waals surface area contributed by atoms with Crippen LogP contribution >= 0.6 is 12.2 Å². The zero-order valence-electron chi connectivity index (χ0n) is 15.2. The molecule has 0 aromatic heterocycles. The van der Waals surface area contributed by atoms with E-state index in [4.69, 9.17) is 17.0 Å². The normalized spacial score (nSPS) is 10.1. The molecular formula is C20H23N3O3S. The van der Waals surface area contributed by atoms with Crippen LogP contribution in [0, 0.1) is 0 Å². The number of para-hydroxylation sites is 1. The van der Waals surface area contributed by atoms with E-state index in [1.807, 2.05) is 30.3 Å². The number of amides is 2. The summed E-state index contributed by atoms with van der Waals surface area (Å²) in [5.74, 6) is -0.437. The van der Waals surface area contributed by atoms with Crippen molar-refractivity contribution in [1.82, 2.24) is 10.6 Å². The van der Waals surface area contributed by atoms with Crippen molar-refractivity contribution in [3.63, 3.8) is 0 Å². The summed E-state index contributed by atoms with van der Waals surface area (Å²) in [5, 5.41) is 8.54. The summed E-state index contributed by atoms with van der Waals surface area (Å²) in [6.45, 7) is 1.09. The highest BCUT2D eigenvalue weighted by atomic mass is 32.1. The Hall–Kier alpha value is -2.77. The summed E-state index contributed by atoms with van der Waals surface area (Å²) in [6.07, 6.45) is 0.954. The number of carbonyl (C=O) groups excluding carboxylic acids is 2. The zero-order chi connectivity index (χ0) is 19.5. The van der Waals surface area contributed by atoms with Gasteiger partial charge in [-0.2, -0.15) is 0 Å². The molecule has 0 radical (unpaired) electrons. The summed E-state index contributed by atoms with van der Waals surface area (Å²) in [6, 6.07) is 16.4. The van der Waals surface area contributed by atoms with Gasteiger partial charge in [-0.15, -0.1) is 0 Å². The van der Waals surface area contributed by atoms with Crippen LogP contribution < -0.4 is 16.0 Å². The number of benzene rings is 2. The van der Waals surface area contributed by atoms with Crippen LogP contribution in [0.25, 0.3) is 0 Å². The first-order valence-corrected chi connectivity index (χ1v) is 9.02. The van der Waals surface area contributed by atoms with Crippen molar-refractivity contribution in [2.45, 2.75) is 12.8 Å². The van der Waals surface area contributed by atoms with Crippen LogP contribution in [0.4, 0.5) is 5.69 Å². The summed E-state index contributed by atoms with van der Waals surface area (Å²) in [4.78, 5) is 24.5. The van der Waals surface area contributed by atoms with Crippen LogP contribution in [0.5, 0.6) is 0 Å². The van der Waals surface area contributed by atoms with Crippen LogP contribution in [0.3, 0.4) is 0 Å². The van der Waals surface area contributed by atoms with Gasteiger partial charge in [0.25, 0.3) is 5.91 Å². The smallest absolute Gasteiger partial charge is 0.253 e. The van der Waals surface area contributed by atoms with Crippen LogP contribution in [0.15, 0.2) is 54.6 Å². The molecular weight excluding hydrogens is 362 g/mol. The van der Waals surface area contributed by atoms with E-state index >= 15 is 0 Å². The Labute approximate surface area is 164 Å². The van der Waals surface area contributed by atoms with E-state index in [0.717, 1.165) is 12.0 Å². The third-order valence-electron chi connectivity index (χ3n) is 3.69. The van der Waals surface area contributed by atoms with Crippen LogP contribution in [0.1, 0.15) is 22.3 Å². The number of hydrogen-bond donors (Lipinski definition) is 3. The quantitative estimate of drug-likeness (QED) is 0.481. The number of methoxy groups -OCH3 is 1. The van der Waals surface area contributed by atoms with Crippen molar-refractivity contribution in [1.29, 1.82) is 0 Å². The topological polar surface area (TPSA) is 79.5 Å². The van der Waals surface area contributed by atoms with Gasteiger partial charge in [-0.1, -0.05) is 42.5 Å². The molecule has 2 aromatic rings. The minimum absolute atomic E-state index is 0.149. The summed E-state index contributed by atoms with van der Waals surface area (Å²) in [5.41, 5.74) is 1.88. The monoisotopic (exact) mass is 385 g/mol. The predicted molar refractivity (Wildman–Crippen MR) is 110 cm³/mol. The average Bonchev–Trinajstić information content (AvgIpc) is 2.66. The Morgan fingerprint density at radius 2 is 1.74 bits per heavy atom. The highest BCUT2D eigenvalue weighted by Gasteiger charge is 2.12. The lowest BCUT2D eigenvalue weighted by atomic mass is 10.1. The molecule has 0 aliphatic heterocycles. The number of anilines is 1. The standard InChI is InChI=1S/C20H23N3O3S/c1-26-13-7-12-21-19(25)16-10-5-6-11-17(16)22-20(27)23-18(24)14-15-8-3-2-4-9-15/h2-6,8-11H,7,12-14H2,1H3,(H,21,25)(H2,22,23,24,27). The molecule has 27 heavy (non-hydrogen) atoms. The van der Waals surface area contributed by atoms with E-state index in [-0.39, 0.29) is 23.3 Å². The fourth-order valence-corrected chi connectivity index (χ4v) is 2.63. The Morgan fingerprint density at radius 1 is 1.04 bits per heavy atom. The minimum atomic E-state index is -0.222. The molecule has 0 unspecified atom stereocenters.